The Morgan fingerprint density at radius 1 is 0.219 bits per heavy atom. The summed E-state index contributed by atoms with van der Waals surface area (Å²) in [6.45, 7) is 0. The summed E-state index contributed by atoms with van der Waals surface area (Å²) in [5, 5.41) is 2.34. The van der Waals surface area contributed by atoms with Crippen molar-refractivity contribution in [2.24, 2.45) is 0 Å². The van der Waals surface area contributed by atoms with Crippen molar-refractivity contribution in [1.82, 2.24) is 14.5 Å². The minimum absolute atomic E-state index is 0.677. The molecule has 0 fully saturated rings. The Labute approximate surface area is 425 Å². The molecule has 0 radical (unpaired) electrons. The first-order valence-corrected chi connectivity index (χ1v) is 24.9. The molecule has 13 aromatic rings. The van der Waals surface area contributed by atoms with Crippen LogP contribution in [0.1, 0.15) is 0 Å². The van der Waals surface area contributed by atoms with E-state index >= 15 is 0 Å². The Morgan fingerprint density at radius 3 is 0.836 bits per heavy atom. The van der Waals surface area contributed by atoms with Crippen LogP contribution in [0.5, 0.6) is 0 Å². The summed E-state index contributed by atoms with van der Waals surface area (Å²) in [5.41, 5.74) is 21.7. The van der Waals surface area contributed by atoms with Crippen LogP contribution in [0.25, 0.3) is 128 Å². The van der Waals surface area contributed by atoms with Gasteiger partial charge in [-0.2, -0.15) is 0 Å². The van der Waals surface area contributed by atoms with E-state index in [1.807, 2.05) is 24.3 Å². The summed E-state index contributed by atoms with van der Waals surface area (Å²) in [5.74, 6) is 0.677. The second-order valence-electron chi connectivity index (χ2n) is 18.5. The van der Waals surface area contributed by atoms with E-state index in [0.29, 0.717) is 5.82 Å². The van der Waals surface area contributed by atoms with Crippen LogP contribution in [-0.4, -0.2) is 14.5 Å². The van der Waals surface area contributed by atoms with Gasteiger partial charge in [0, 0.05) is 38.6 Å². The van der Waals surface area contributed by atoms with Gasteiger partial charge in [0.1, 0.15) is 0 Å². The van der Waals surface area contributed by atoms with Crippen LogP contribution in [0.4, 0.5) is 0 Å². The van der Waals surface area contributed by atoms with Crippen LogP contribution < -0.4 is 0 Å². The zero-order chi connectivity index (χ0) is 48.5. The fraction of sp³-hybridized carbons (Fsp3) is 0. The molecule has 0 aliphatic carbocycles. The van der Waals surface area contributed by atoms with E-state index in [0.717, 1.165) is 89.3 Å². The lowest BCUT2D eigenvalue weighted by Crippen LogP contribution is -2.03. The SMILES string of the molecule is c1ccc(-c2cc(-c3cc(-c4ccccc4)c(-n4c5cc(-c6ccccc6)c(-c6ccccc6)cc5c5cc(-c6ccccc6)c(-c6ccccc6)cc54)c(-c4ccccc4)c3)nc(-c3ccccc3)n2)cc1. The van der Waals surface area contributed by atoms with Gasteiger partial charge >= 0.3 is 0 Å². The largest absolute Gasteiger partial charge is 0.308 e. The third-order valence-electron chi connectivity index (χ3n) is 14.0. The highest BCUT2D eigenvalue weighted by molar-refractivity contribution is 6.16. The predicted octanol–water partition coefficient (Wildman–Crippen LogP) is 18.6. The van der Waals surface area contributed by atoms with Gasteiger partial charge in [0.2, 0.25) is 0 Å². The van der Waals surface area contributed by atoms with Crippen molar-refractivity contribution < 1.29 is 0 Å². The summed E-state index contributed by atoms with van der Waals surface area (Å²) in [4.78, 5) is 10.6. The Balaban J connectivity index is 1.20. The van der Waals surface area contributed by atoms with Crippen molar-refractivity contribution in [2.75, 3.05) is 0 Å². The topological polar surface area (TPSA) is 30.7 Å². The molecule has 11 aromatic carbocycles. The minimum atomic E-state index is 0.677. The van der Waals surface area contributed by atoms with Gasteiger partial charge in [-0.3, -0.25) is 0 Å². The molecule has 3 nitrogen and oxygen atoms in total. The first-order chi connectivity index (χ1) is 36.2. The highest BCUT2D eigenvalue weighted by Gasteiger charge is 2.26. The van der Waals surface area contributed by atoms with Crippen LogP contribution in [0.2, 0.25) is 0 Å². The van der Waals surface area contributed by atoms with Gasteiger partial charge in [-0.25, -0.2) is 9.97 Å². The van der Waals surface area contributed by atoms with Gasteiger partial charge in [0.15, 0.2) is 5.82 Å². The molecule has 0 aliphatic heterocycles. The Bertz CT molecular complexity index is 3810. The second-order valence-corrected chi connectivity index (χ2v) is 18.5. The molecule has 0 saturated heterocycles. The van der Waals surface area contributed by atoms with Crippen LogP contribution in [0.15, 0.2) is 285 Å². The van der Waals surface area contributed by atoms with Crippen molar-refractivity contribution in [3.8, 4) is 106 Å². The van der Waals surface area contributed by atoms with Crippen LogP contribution >= 0.6 is 0 Å². The van der Waals surface area contributed by atoms with Gasteiger partial charge in [-0.05, 0) is 98.1 Å². The molecule has 0 bridgehead atoms. The Hall–Kier alpha value is -9.70. The highest BCUT2D eigenvalue weighted by atomic mass is 15.0. The molecule has 0 saturated carbocycles. The molecular formula is C70H47N3. The first-order valence-electron chi connectivity index (χ1n) is 24.9. The molecule has 0 unspecified atom stereocenters. The van der Waals surface area contributed by atoms with E-state index in [-0.39, 0.29) is 0 Å². The fourth-order valence-corrected chi connectivity index (χ4v) is 10.5. The average molecular weight is 930 g/mol. The smallest absolute Gasteiger partial charge is 0.160 e. The number of fused-ring (bicyclic) bond motifs is 3. The van der Waals surface area contributed by atoms with Gasteiger partial charge in [0.05, 0.1) is 28.1 Å². The predicted molar refractivity (Wildman–Crippen MR) is 305 cm³/mol. The van der Waals surface area contributed by atoms with E-state index in [1.165, 1.54) is 33.0 Å². The third kappa shape index (κ3) is 8.19. The number of nitrogens with zero attached hydrogens (tertiary/aromatic N) is 3. The number of aromatic nitrogens is 3. The van der Waals surface area contributed by atoms with Crippen molar-refractivity contribution >= 4 is 21.8 Å². The summed E-state index contributed by atoms with van der Waals surface area (Å²) in [6, 6.07) is 102. The van der Waals surface area contributed by atoms with Crippen molar-refractivity contribution in [3.05, 3.63) is 285 Å². The van der Waals surface area contributed by atoms with E-state index in [4.69, 9.17) is 9.97 Å². The molecule has 342 valence electrons. The van der Waals surface area contributed by atoms with E-state index in [2.05, 4.69) is 265 Å². The van der Waals surface area contributed by atoms with Crippen molar-refractivity contribution in [3.63, 3.8) is 0 Å². The van der Waals surface area contributed by atoms with Crippen LogP contribution in [0, 0.1) is 0 Å². The molecule has 0 amide bonds. The number of rotatable bonds is 10. The molecule has 73 heavy (non-hydrogen) atoms. The van der Waals surface area contributed by atoms with Gasteiger partial charge in [0.25, 0.3) is 0 Å². The fourth-order valence-electron chi connectivity index (χ4n) is 10.5. The molecular weight excluding hydrogens is 883 g/mol. The van der Waals surface area contributed by atoms with Crippen LogP contribution in [0.3, 0.4) is 0 Å². The van der Waals surface area contributed by atoms with E-state index in [1.54, 1.807) is 0 Å². The quantitative estimate of drug-likeness (QED) is 0.137. The lowest BCUT2D eigenvalue weighted by atomic mass is 9.91. The van der Waals surface area contributed by atoms with E-state index in [9.17, 15) is 0 Å². The number of hydrogen-bond acceptors (Lipinski definition) is 2. The number of benzene rings is 11. The lowest BCUT2D eigenvalue weighted by molar-refractivity contribution is 1.17. The zero-order valence-electron chi connectivity index (χ0n) is 40.0. The lowest BCUT2D eigenvalue weighted by Gasteiger charge is -2.22. The highest BCUT2D eigenvalue weighted by Crippen LogP contribution is 2.48. The Kier molecular flexibility index (Phi) is 11.2. The van der Waals surface area contributed by atoms with E-state index < -0.39 is 0 Å². The molecule has 0 aliphatic rings. The monoisotopic (exact) mass is 929 g/mol. The van der Waals surface area contributed by atoms with Crippen molar-refractivity contribution in [1.29, 1.82) is 0 Å². The maximum atomic E-state index is 5.41. The zero-order valence-corrected chi connectivity index (χ0v) is 40.0. The number of hydrogen-bond donors (Lipinski definition) is 0. The molecule has 2 aromatic heterocycles. The van der Waals surface area contributed by atoms with Gasteiger partial charge in [-0.1, -0.05) is 243 Å². The molecule has 0 atom stereocenters. The molecule has 3 heteroatoms. The van der Waals surface area contributed by atoms with Gasteiger partial charge in [-0.15, -0.1) is 0 Å². The van der Waals surface area contributed by atoms with Gasteiger partial charge < -0.3 is 4.57 Å². The average Bonchev–Trinajstić information content (AvgIpc) is 3.79. The Morgan fingerprint density at radius 2 is 0.493 bits per heavy atom. The van der Waals surface area contributed by atoms with Crippen molar-refractivity contribution in [2.45, 2.75) is 0 Å². The maximum absolute atomic E-state index is 5.41. The first kappa shape index (κ1) is 43.3. The van der Waals surface area contributed by atoms with Crippen LogP contribution in [-0.2, 0) is 0 Å². The normalized spacial score (nSPS) is 11.3. The minimum Gasteiger partial charge on any atom is -0.308 e. The standard InChI is InChI=1S/C70H47N3/c1-9-25-48(26-10-1)57-43-63-64-44-58(49-27-11-2-12-28-49)60(51-31-15-4-16-32-51)46-68(64)73(67(63)45-59(57)50-29-13-3-14-30-50)69-61(52-33-17-5-18-34-52)41-56(42-62(69)53-35-19-6-20-36-53)66-47-65(54-37-21-7-22-38-54)71-70(72-66)55-39-23-8-24-40-55/h1-47H. The third-order valence-corrected chi connectivity index (χ3v) is 14.0. The summed E-state index contributed by atoms with van der Waals surface area (Å²) < 4.78 is 2.56. The molecule has 0 spiro atoms. The summed E-state index contributed by atoms with van der Waals surface area (Å²) in [6.07, 6.45) is 0. The summed E-state index contributed by atoms with van der Waals surface area (Å²) in [7, 11) is 0. The molecule has 0 N–H and O–H groups in total. The molecule has 13 rings (SSSR count). The summed E-state index contributed by atoms with van der Waals surface area (Å²) >= 11 is 0. The second kappa shape index (κ2) is 18.9. The molecule has 2 heterocycles. The maximum Gasteiger partial charge on any atom is 0.160 e.